The van der Waals surface area contributed by atoms with Gasteiger partial charge < -0.3 is 19.9 Å². The van der Waals surface area contributed by atoms with Gasteiger partial charge >= 0.3 is 0 Å². The van der Waals surface area contributed by atoms with Gasteiger partial charge in [0.05, 0.1) is 7.11 Å². The molecule has 2 rings (SSSR count). The van der Waals surface area contributed by atoms with E-state index in [9.17, 15) is 5.11 Å². The molecule has 0 bridgehead atoms. The number of methoxy groups -OCH3 is 1. The molecule has 0 spiro atoms. The van der Waals surface area contributed by atoms with Gasteiger partial charge in [0.15, 0.2) is 11.5 Å². The normalized spacial score (nSPS) is 18.7. The second-order valence-corrected chi connectivity index (χ2v) is 4.41. The Hall–Kier alpha value is -1.26. The standard InChI is InChI=1S/C13H19NO3/c1-16-11-4-2-3-5-12(11)17-10-13(15)6-8-14-9-7-13/h2-5,14-15H,6-10H2,1H3. The molecule has 0 amide bonds. The van der Waals surface area contributed by atoms with Crippen LogP contribution in [0.1, 0.15) is 12.8 Å². The monoisotopic (exact) mass is 237 g/mol. The molecule has 1 heterocycles. The molecule has 0 atom stereocenters. The summed E-state index contributed by atoms with van der Waals surface area (Å²) in [5.74, 6) is 1.38. The molecule has 1 aliphatic heterocycles. The van der Waals surface area contributed by atoms with Crippen molar-refractivity contribution in [2.24, 2.45) is 0 Å². The van der Waals surface area contributed by atoms with Crippen LogP contribution in [-0.2, 0) is 0 Å². The maximum Gasteiger partial charge on any atom is 0.161 e. The Kier molecular flexibility index (Phi) is 3.86. The molecule has 17 heavy (non-hydrogen) atoms. The molecule has 1 aromatic carbocycles. The maximum atomic E-state index is 10.3. The Balaban J connectivity index is 1.96. The minimum Gasteiger partial charge on any atom is -0.493 e. The zero-order valence-electron chi connectivity index (χ0n) is 10.1. The number of hydrogen-bond donors (Lipinski definition) is 2. The molecule has 1 fully saturated rings. The number of ether oxygens (including phenoxy) is 2. The molecule has 0 radical (unpaired) electrons. The molecule has 94 valence electrons. The second kappa shape index (κ2) is 5.38. The molecule has 1 saturated heterocycles. The molecule has 1 aliphatic rings. The number of piperidine rings is 1. The van der Waals surface area contributed by atoms with Gasteiger partial charge in [-0.3, -0.25) is 0 Å². The van der Waals surface area contributed by atoms with E-state index in [1.807, 2.05) is 24.3 Å². The van der Waals surface area contributed by atoms with Gasteiger partial charge in [-0.2, -0.15) is 0 Å². The van der Waals surface area contributed by atoms with Crippen molar-refractivity contribution in [1.29, 1.82) is 0 Å². The maximum absolute atomic E-state index is 10.3. The first-order valence-electron chi connectivity index (χ1n) is 5.92. The van der Waals surface area contributed by atoms with E-state index in [4.69, 9.17) is 9.47 Å². The van der Waals surface area contributed by atoms with E-state index in [-0.39, 0.29) is 0 Å². The average molecular weight is 237 g/mol. The summed E-state index contributed by atoms with van der Waals surface area (Å²) in [5, 5.41) is 13.5. The summed E-state index contributed by atoms with van der Waals surface area (Å²) in [4.78, 5) is 0. The van der Waals surface area contributed by atoms with E-state index in [1.54, 1.807) is 7.11 Å². The summed E-state index contributed by atoms with van der Waals surface area (Å²) in [6.07, 6.45) is 1.45. The van der Waals surface area contributed by atoms with Crippen molar-refractivity contribution in [3.8, 4) is 11.5 Å². The zero-order chi connectivity index (χ0) is 12.1. The SMILES string of the molecule is COc1ccccc1OCC1(O)CCNCC1. The molecule has 4 heteroatoms. The fraction of sp³-hybridized carbons (Fsp3) is 0.538. The molecule has 4 nitrogen and oxygen atoms in total. The van der Waals surface area contributed by atoms with Gasteiger partial charge in [0.1, 0.15) is 12.2 Å². The highest BCUT2D eigenvalue weighted by molar-refractivity contribution is 5.39. The molecular weight excluding hydrogens is 218 g/mol. The Morgan fingerprint density at radius 3 is 2.53 bits per heavy atom. The van der Waals surface area contributed by atoms with E-state index in [2.05, 4.69) is 5.32 Å². The first-order valence-corrected chi connectivity index (χ1v) is 5.92. The predicted molar refractivity (Wildman–Crippen MR) is 65.5 cm³/mol. The number of nitrogens with one attached hydrogen (secondary N) is 1. The van der Waals surface area contributed by atoms with Crippen LogP contribution >= 0.6 is 0 Å². The van der Waals surface area contributed by atoms with Crippen LogP contribution in [0, 0.1) is 0 Å². The highest BCUT2D eigenvalue weighted by atomic mass is 16.5. The van der Waals surface area contributed by atoms with Gasteiger partial charge in [-0.05, 0) is 38.1 Å². The minimum atomic E-state index is -0.716. The zero-order valence-corrected chi connectivity index (χ0v) is 10.1. The fourth-order valence-corrected chi connectivity index (χ4v) is 1.99. The summed E-state index contributed by atoms with van der Waals surface area (Å²) in [5.41, 5.74) is -0.716. The van der Waals surface area contributed by atoms with Gasteiger partial charge in [-0.15, -0.1) is 0 Å². The third-order valence-corrected chi connectivity index (χ3v) is 3.10. The van der Waals surface area contributed by atoms with Crippen molar-refractivity contribution < 1.29 is 14.6 Å². The molecule has 2 N–H and O–H groups in total. The first-order chi connectivity index (χ1) is 8.23. The number of para-hydroxylation sites is 2. The van der Waals surface area contributed by atoms with Crippen molar-refractivity contribution in [3.05, 3.63) is 24.3 Å². The van der Waals surface area contributed by atoms with Crippen LogP contribution in [0.3, 0.4) is 0 Å². The van der Waals surface area contributed by atoms with Crippen molar-refractivity contribution in [1.82, 2.24) is 5.32 Å². The molecule has 0 aliphatic carbocycles. The lowest BCUT2D eigenvalue weighted by molar-refractivity contribution is -0.0290. The molecule has 0 saturated carbocycles. The number of aliphatic hydroxyl groups is 1. The van der Waals surface area contributed by atoms with Gasteiger partial charge in [-0.1, -0.05) is 12.1 Å². The number of rotatable bonds is 4. The highest BCUT2D eigenvalue weighted by Crippen LogP contribution is 2.28. The number of hydrogen-bond acceptors (Lipinski definition) is 4. The Morgan fingerprint density at radius 1 is 1.24 bits per heavy atom. The summed E-state index contributed by atoms with van der Waals surface area (Å²) in [6.45, 7) is 1.99. The van der Waals surface area contributed by atoms with Crippen LogP contribution in [0.2, 0.25) is 0 Å². The highest BCUT2D eigenvalue weighted by Gasteiger charge is 2.30. The fourth-order valence-electron chi connectivity index (χ4n) is 1.99. The first kappa shape index (κ1) is 12.2. The molecular formula is C13H19NO3. The molecule has 1 aromatic rings. The van der Waals surface area contributed by atoms with Crippen molar-refractivity contribution in [3.63, 3.8) is 0 Å². The summed E-state index contributed by atoms with van der Waals surface area (Å²) < 4.78 is 10.9. The van der Waals surface area contributed by atoms with Gasteiger partial charge in [-0.25, -0.2) is 0 Å². The third-order valence-electron chi connectivity index (χ3n) is 3.10. The summed E-state index contributed by atoms with van der Waals surface area (Å²) >= 11 is 0. The van der Waals surface area contributed by atoms with Crippen LogP contribution in [-0.4, -0.2) is 37.5 Å². The lowest BCUT2D eigenvalue weighted by Gasteiger charge is -2.32. The smallest absolute Gasteiger partial charge is 0.161 e. The number of benzene rings is 1. The lowest BCUT2D eigenvalue weighted by Crippen LogP contribution is -2.45. The van der Waals surface area contributed by atoms with Crippen LogP contribution in [0.25, 0.3) is 0 Å². The van der Waals surface area contributed by atoms with Crippen molar-refractivity contribution >= 4 is 0 Å². The van der Waals surface area contributed by atoms with Gasteiger partial charge in [0.2, 0.25) is 0 Å². The van der Waals surface area contributed by atoms with Gasteiger partial charge in [0.25, 0.3) is 0 Å². The largest absolute Gasteiger partial charge is 0.493 e. The van der Waals surface area contributed by atoms with Crippen molar-refractivity contribution in [2.45, 2.75) is 18.4 Å². The van der Waals surface area contributed by atoms with Crippen LogP contribution in [0.4, 0.5) is 0 Å². The van der Waals surface area contributed by atoms with E-state index in [1.165, 1.54) is 0 Å². The summed E-state index contributed by atoms with van der Waals surface area (Å²) in [6, 6.07) is 7.49. The minimum absolute atomic E-state index is 0.315. The quantitative estimate of drug-likeness (QED) is 0.826. The van der Waals surface area contributed by atoms with Crippen molar-refractivity contribution in [2.75, 3.05) is 26.8 Å². The van der Waals surface area contributed by atoms with E-state index in [0.29, 0.717) is 18.1 Å². The topological polar surface area (TPSA) is 50.7 Å². The average Bonchev–Trinajstić information content (AvgIpc) is 2.38. The summed E-state index contributed by atoms with van der Waals surface area (Å²) in [7, 11) is 1.61. The van der Waals surface area contributed by atoms with Crippen LogP contribution in [0.5, 0.6) is 11.5 Å². The van der Waals surface area contributed by atoms with E-state index >= 15 is 0 Å². The van der Waals surface area contributed by atoms with Gasteiger partial charge in [0, 0.05) is 0 Å². The predicted octanol–water partition coefficient (Wildman–Crippen LogP) is 1.19. The molecule has 0 aromatic heterocycles. The van der Waals surface area contributed by atoms with Crippen LogP contribution < -0.4 is 14.8 Å². The second-order valence-electron chi connectivity index (χ2n) is 4.41. The van der Waals surface area contributed by atoms with E-state index in [0.717, 1.165) is 25.9 Å². The molecule has 0 unspecified atom stereocenters. The van der Waals surface area contributed by atoms with E-state index < -0.39 is 5.60 Å². The van der Waals surface area contributed by atoms with Crippen LogP contribution in [0.15, 0.2) is 24.3 Å². The Bertz CT molecular complexity index is 361. The Morgan fingerprint density at radius 2 is 1.88 bits per heavy atom. The Labute approximate surface area is 102 Å². The third kappa shape index (κ3) is 3.11. The lowest BCUT2D eigenvalue weighted by atomic mass is 9.93.